The van der Waals surface area contributed by atoms with Crippen LogP contribution in [0.25, 0.3) is 5.70 Å². The number of rotatable bonds is 6. The third-order valence-corrected chi connectivity index (χ3v) is 8.25. The zero-order valence-corrected chi connectivity index (χ0v) is 19.3. The van der Waals surface area contributed by atoms with Gasteiger partial charge in [0.25, 0.3) is 0 Å². The van der Waals surface area contributed by atoms with Crippen molar-refractivity contribution in [3.05, 3.63) is 42.1 Å². The van der Waals surface area contributed by atoms with Gasteiger partial charge in [-0.3, -0.25) is 0 Å². The monoisotopic (exact) mass is 390 g/mol. The molecule has 1 aliphatic rings. The molecule has 0 N–H and O–H groups in total. The Hall–Kier alpha value is -0.920. The van der Waals surface area contributed by atoms with Crippen molar-refractivity contribution in [1.29, 1.82) is 0 Å². The van der Waals surface area contributed by atoms with Gasteiger partial charge in [0.1, 0.15) is 0 Å². The van der Waals surface area contributed by atoms with Crippen molar-refractivity contribution in [2.24, 2.45) is 0 Å². The highest BCUT2D eigenvalue weighted by atomic mass is 32.1. The van der Waals surface area contributed by atoms with Crippen LogP contribution in [0.5, 0.6) is 0 Å². The second-order valence-corrected chi connectivity index (χ2v) is 11.6. The average Bonchev–Trinajstić information content (AvgIpc) is 2.95. The fourth-order valence-corrected chi connectivity index (χ4v) is 6.55. The van der Waals surface area contributed by atoms with Gasteiger partial charge in [0, 0.05) is 23.4 Å². The Labute approximate surface area is 167 Å². The zero-order chi connectivity index (χ0) is 19.5. The molecule has 0 fully saturated rings. The standard InChI is InChI=1S/C22H35N2PS/c1-8-19(26)15-12-16-25-23(21(2,3)4)17-20(24(25)22(5,6)7)18-13-10-9-11-14-18/h9-11,13-14,17H,8,12,15-16H2,1-7H3. The molecule has 0 aromatic heterocycles. The molecule has 0 amide bonds. The van der Waals surface area contributed by atoms with Gasteiger partial charge in [-0.2, -0.15) is 0 Å². The van der Waals surface area contributed by atoms with Crippen LogP contribution in [0.2, 0.25) is 0 Å². The lowest BCUT2D eigenvalue weighted by Gasteiger charge is -2.46. The van der Waals surface area contributed by atoms with Crippen LogP contribution in [0.1, 0.15) is 73.3 Å². The van der Waals surface area contributed by atoms with Crippen LogP contribution in [0.15, 0.2) is 36.5 Å². The number of hydrogen-bond acceptors (Lipinski definition) is 3. The summed E-state index contributed by atoms with van der Waals surface area (Å²) in [4.78, 5) is 1.21. The summed E-state index contributed by atoms with van der Waals surface area (Å²) in [7, 11) is -0.432. The first kappa shape index (κ1) is 21.4. The molecule has 2 rings (SSSR count). The third-order valence-electron chi connectivity index (χ3n) is 4.55. The molecule has 26 heavy (non-hydrogen) atoms. The van der Waals surface area contributed by atoms with Gasteiger partial charge in [0.15, 0.2) is 0 Å². The van der Waals surface area contributed by atoms with E-state index in [1.165, 1.54) is 28.7 Å². The van der Waals surface area contributed by atoms with Gasteiger partial charge in [-0.25, -0.2) is 0 Å². The van der Waals surface area contributed by atoms with Crippen LogP contribution in [0, 0.1) is 0 Å². The molecule has 0 aliphatic carbocycles. The number of nitrogens with zero attached hydrogens (tertiary/aromatic N) is 2. The first-order chi connectivity index (χ1) is 12.1. The molecule has 0 bridgehead atoms. The van der Waals surface area contributed by atoms with Crippen LogP contribution in [-0.4, -0.2) is 31.4 Å². The lowest BCUT2D eigenvalue weighted by atomic mass is 10.1. The summed E-state index contributed by atoms with van der Waals surface area (Å²) >= 11 is 5.47. The molecule has 144 valence electrons. The smallest absolute Gasteiger partial charge is 0.0957 e. The van der Waals surface area contributed by atoms with Crippen LogP contribution in [-0.2, 0) is 0 Å². The molecule has 1 aliphatic heterocycles. The summed E-state index contributed by atoms with van der Waals surface area (Å²) in [6, 6.07) is 10.8. The summed E-state index contributed by atoms with van der Waals surface area (Å²) in [6.45, 7) is 16.1. The first-order valence-corrected chi connectivity index (χ1v) is 11.6. The van der Waals surface area contributed by atoms with Crippen LogP contribution < -0.4 is 0 Å². The number of hydrogen-bond donors (Lipinski definition) is 0. The predicted octanol–water partition coefficient (Wildman–Crippen LogP) is 7.07. The van der Waals surface area contributed by atoms with Crippen LogP contribution in [0.3, 0.4) is 0 Å². The molecule has 1 aromatic carbocycles. The topological polar surface area (TPSA) is 6.48 Å². The number of benzene rings is 1. The minimum absolute atomic E-state index is 0.0820. The van der Waals surface area contributed by atoms with E-state index in [0.717, 1.165) is 12.8 Å². The Morgan fingerprint density at radius 3 is 2.12 bits per heavy atom. The normalized spacial score (nSPS) is 18.3. The fraction of sp³-hybridized carbons (Fsp3) is 0.591. The number of thiocarbonyl (C=S) groups is 1. The van der Waals surface area contributed by atoms with E-state index < -0.39 is 8.22 Å². The van der Waals surface area contributed by atoms with E-state index in [9.17, 15) is 0 Å². The summed E-state index contributed by atoms with van der Waals surface area (Å²) in [5, 5.41) is 0. The molecular formula is C22H35N2PS. The van der Waals surface area contributed by atoms with Crippen molar-refractivity contribution < 1.29 is 0 Å². The van der Waals surface area contributed by atoms with E-state index in [4.69, 9.17) is 12.2 Å². The van der Waals surface area contributed by atoms with E-state index in [1.54, 1.807) is 0 Å². The lowest BCUT2D eigenvalue weighted by molar-refractivity contribution is 0.314. The first-order valence-electron chi connectivity index (χ1n) is 9.71. The summed E-state index contributed by atoms with van der Waals surface area (Å²) < 4.78 is 5.29. The molecule has 0 radical (unpaired) electrons. The molecule has 1 heterocycles. The van der Waals surface area contributed by atoms with E-state index >= 15 is 0 Å². The molecule has 1 atom stereocenters. The Morgan fingerprint density at radius 2 is 1.62 bits per heavy atom. The Kier molecular flexibility index (Phi) is 6.91. The third kappa shape index (κ3) is 5.08. The highest BCUT2D eigenvalue weighted by Crippen LogP contribution is 2.61. The minimum Gasteiger partial charge on any atom is -0.333 e. The summed E-state index contributed by atoms with van der Waals surface area (Å²) in [5.74, 6) is 0. The predicted molar refractivity (Wildman–Crippen MR) is 122 cm³/mol. The molecular weight excluding hydrogens is 355 g/mol. The summed E-state index contributed by atoms with van der Waals surface area (Å²) in [6.07, 6.45) is 6.86. The minimum atomic E-state index is -0.432. The maximum absolute atomic E-state index is 5.47. The lowest BCUT2D eigenvalue weighted by Crippen LogP contribution is -2.39. The maximum Gasteiger partial charge on any atom is 0.0957 e. The fourth-order valence-electron chi connectivity index (χ4n) is 3.31. The average molecular weight is 391 g/mol. The van der Waals surface area contributed by atoms with Gasteiger partial charge in [0.05, 0.1) is 13.9 Å². The van der Waals surface area contributed by atoms with Crippen LogP contribution >= 0.6 is 20.4 Å². The van der Waals surface area contributed by atoms with Gasteiger partial charge in [-0.05, 0) is 71.2 Å². The maximum atomic E-state index is 5.47. The largest absolute Gasteiger partial charge is 0.333 e. The van der Waals surface area contributed by atoms with Crippen molar-refractivity contribution >= 4 is 31.0 Å². The van der Waals surface area contributed by atoms with Gasteiger partial charge in [-0.15, -0.1) is 0 Å². The van der Waals surface area contributed by atoms with Gasteiger partial charge < -0.3 is 9.34 Å². The quantitative estimate of drug-likeness (QED) is 0.379. The Bertz CT molecular complexity index is 640. The molecule has 0 spiro atoms. The van der Waals surface area contributed by atoms with E-state index in [0.29, 0.717) is 0 Å². The molecule has 2 nitrogen and oxygen atoms in total. The van der Waals surface area contributed by atoms with Crippen LogP contribution in [0.4, 0.5) is 0 Å². The SMILES string of the molecule is CCC(=S)CCCP1N(C(C)(C)C)C=C(c2ccccc2)N1C(C)(C)C. The van der Waals surface area contributed by atoms with Crippen molar-refractivity contribution in [3.8, 4) is 0 Å². The van der Waals surface area contributed by atoms with Gasteiger partial charge in [0.2, 0.25) is 0 Å². The van der Waals surface area contributed by atoms with Gasteiger partial charge in [-0.1, -0.05) is 49.5 Å². The van der Waals surface area contributed by atoms with E-state index in [-0.39, 0.29) is 11.1 Å². The highest BCUT2D eigenvalue weighted by molar-refractivity contribution is 7.80. The molecule has 1 aromatic rings. The van der Waals surface area contributed by atoms with E-state index in [2.05, 4.69) is 94.3 Å². The Balaban J connectivity index is 2.37. The molecule has 1 unspecified atom stereocenters. The zero-order valence-electron chi connectivity index (χ0n) is 17.5. The summed E-state index contributed by atoms with van der Waals surface area (Å²) in [5.41, 5.74) is 2.86. The molecule has 0 saturated carbocycles. The second kappa shape index (κ2) is 8.40. The Morgan fingerprint density at radius 1 is 1.00 bits per heavy atom. The van der Waals surface area contributed by atoms with Crippen molar-refractivity contribution in [1.82, 2.24) is 9.34 Å². The van der Waals surface area contributed by atoms with E-state index in [1.807, 2.05) is 0 Å². The molecule has 0 saturated heterocycles. The highest BCUT2D eigenvalue weighted by Gasteiger charge is 2.42. The van der Waals surface area contributed by atoms with Gasteiger partial charge >= 0.3 is 0 Å². The van der Waals surface area contributed by atoms with Crippen molar-refractivity contribution in [3.63, 3.8) is 0 Å². The second-order valence-electron chi connectivity index (χ2n) is 8.97. The van der Waals surface area contributed by atoms with Crippen molar-refractivity contribution in [2.45, 2.75) is 78.8 Å². The molecule has 4 heteroatoms. The van der Waals surface area contributed by atoms with Crippen molar-refractivity contribution in [2.75, 3.05) is 6.16 Å².